The Labute approximate surface area is 183 Å². The zero-order valence-corrected chi connectivity index (χ0v) is 18.6. The summed E-state index contributed by atoms with van der Waals surface area (Å²) in [4.78, 5) is 12.4. The van der Waals surface area contributed by atoms with Gasteiger partial charge in [0.2, 0.25) is 0 Å². The van der Waals surface area contributed by atoms with E-state index in [4.69, 9.17) is 4.74 Å². The minimum atomic E-state index is -3.66. The number of nitrogens with zero attached hydrogens (tertiary/aromatic N) is 1. The standard InChI is InChI=1S/C24H26N2O4S/c1-4-26(31(28,29)23-8-6-5-7-9-23)21-12-14-22(15-13-21)30-17-24(27)25-20-11-10-18(2)19(3)16-20/h5-16H,4,17H2,1-3H3,(H,25,27). The summed E-state index contributed by atoms with van der Waals surface area (Å²) in [6, 6.07) is 20.7. The molecule has 0 atom stereocenters. The number of ether oxygens (including phenoxy) is 1. The second-order valence-corrected chi connectivity index (χ2v) is 8.97. The molecule has 3 aromatic rings. The normalized spacial score (nSPS) is 11.1. The highest BCUT2D eigenvalue weighted by molar-refractivity contribution is 7.92. The van der Waals surface area contributed by atoms with Crippen LogP contribution in [-0.4, -0.2) is 27.5 Å². The van der Waals surface area contributed by atoms with E-state index in [-0.39, 0.29) is 24.0 Å². The van der Waals surface area contributed by atoms with E-state index >= 15 is 0 Å². The lowest BCUT2D eigenvalue weighted by molar-refractivity contribution is -0.118. The Bertz CT molecular complexity index is 1140. The SMILES string of the molecule is CCN(c1ccc(OCC(=O)Nc2ccc(C)c(C)c2)cc1)S(=O)(=O)c1ccccc1. The lowest BCUT2D eigenvalue weighted by Gasteiger charge is -2.23. The first kappa shape index (κ1) is 22.4. The first-order valence-electron chi connectivity index (χ1n) is 9.99. The lowest BCUT2D eigenvalue weighted by Crippen LogP contribution is -2.30. The smallest absolute Gasteiger partial charge is 0.264 e. The van der Waals surface area contributed by atoms with E-state index in [1.807, 2.05) is 32.0 Å². The average Bonchev–Trinajstić information content (AvgIpc) is 2.77. The highest BCUT2D eigenvalue weighted by Gasteiger charge is 2.23. The summed E-state index contributed by atoms with van der Waals surface area (Å²) in [6.07, 6.45) is 0. The van der Waals surface area contributed by atoms with Crippen LogP contribution >= 0.6 is 0 Å². The molecule has 0 aliphatic carbocycles. The average molecular weight is 439 g/mol. The number of anilines is 2. The fraction of sp³-hybridized carbons (Fsp3) is 0.208. The van der Waals surface area contributed by atoms with Crippen LogP contribution in [-0.2, 0) is 14.8 Å². The summed E-state index contributed by atoms with van der Waals surface area (Å²) < 4.78 is 32.7. The Balaban J connectivity index is 1.64. The molecule has 0 aliphatic rings. The van der Waals surface area contributed by atoms with Crippen molar-refractivity contribution in [1.29, 1.82) is 0 Å². The third-order valence-corrected chi connectivity index (χ3v) is 6.82. The molecule has 0 fully saturated rings. The third kappa shape index (κ3) is 5.44. The Hall–Kier alpha value is -3.32. The molecule has 6 nitrogen and oxygen atoms in total. The minimum Gasteiger partial charge on any atom is -0.484 e. The van der Waals surface area contributed by atoms with E-state index in [1.165, 1.54) is 4.31 Å². The van der Waals surface area contributed by atoms with Crippen LogP contribution in [0.25, 0.3) is 0 Å². The van der Waals surface area contributed by atoms with Crippen molar-refractivity contribution in [3.05, 3.63) is 83.9 Å². The molecule has 3 rings (SSSR count). The van der Waals surface area contributed by atoms with Gasteiger partial charge in [-0.1, -0.05) is 24.3 Å². The number of nitrogens with one attached hydrogen (secondary N) is 1. The second kappa shape index (κ2) is 9.66. The third-order valence-electron chi connectivity index (χ3n) is 4.90. The second-order valence-electron chi connectivity index (χ2n) is 7.11. The fourth-order valence-corrected chi connectivity index (χ4v) is 4.58. The molecule has 31 heavy (non-hydrogen) atoms. The summed E-state index contributed by atoms with van der Waals surface area (Å²) in [7, 11) is -3.66. The molecule has 1 N–H and O–H groups in total. The number of carbonyl (C=O) groups is 1. The maximum Gasteiger partial charge on any atom is 0.264 e. The predicted octanol–water partition coefficient (Wildman–Crippen LogP) is 4.54. The molecule has 0 aliphatic heterocycles. The van der Waals surface area contributed by atoms with Crippen LogP contribution in [0, 0.1) is 13.8 Å². The molecule has 0 aromatic heterocycles. The molecule has 0 radical (unpaired) electrons. The number of carbonyl (C=O) groups excluding carboxylic acids is 1. The number of sulfonamides is 1. The highest BCUT2D eigenvalue weighted by atomic mass is 32.2. The van der Waals surface area contributed by atoms with E-state index in [9.17, 15) is 13.2 Å². The highest BCUT2D eigenvalue weighted by Crippen LogP contribution is 2.25. The van der Waals surface area contributed by atoms with Crippen molar-refractivity contribution < 1.29 is 17.9 Å². The minimum absolute atomic E-state index is 0.147. The van der Waals surface area contributed by atoms with Crippen LogP contribution in [0.4, 0.5) is 11.4 Å². The first-order chi connectivity index (χ1) is 14.8. The van der Waals surface area contributed by atoms with Crippen molar-refractivity contribution in [2.75, 3.05) is 22.8 Å². The van der Waals surface area contributed by atoms with Gasteiger partial charge in [0.25, 0.3) is 15.9 Å². The van der Waals surface area contributed by atoms with Crippen LogP contribution in [0.5, 0.6) is 5.75 Å². The van der Waals surface area contributed by atoms with Gasteiger partial charge in [-0.2, -0.15) is 0 Å². The number of benzene rings is 3. The molecule has 0 saturated carbocycles. The molecule has 0 saturated heterocycles. The molecule has 162 valence electrons. The molecule has 0 bridgehead atoms. The van der Waals surface area contributed by atoms with Gasteiger partial charge < -0.3 is 10.1 Å². The van der Waals surface area contributed by atoms with E-state index in [2.05, 4.69) is 5.32 Å². The van der Waals surface area contributed by atoms with Crippen molar-refractivity contribution in [3.8, 4) is 5.75 Å². The molecular weight excluding hydrogens is 412 g/mol. The monoisotopic (exact) mass is 438 g/mol. The van der Waals surface area contributed by atoms with Gasteiger partial charge in [0, 0.05) is 12.2 Å². The van der Waals surface area contributed by atoms with Gasteiger partial charge in [-0.05, 0) is 80.4 Å². The summed E-state index contributed by atoms with van der Waals surface area (Å²) in [5.41, 5.74) is 3.50. The molecule has 0 spiro atoms. The van der Waals surface area contributed by atoms with Crippen LogP contribution in [0.3, 0.4) is 0 Å². The van der Waals surface area contributed by atoms with Gasteiger partial charge in [-0.25, -0.2) is 8.42 Å². The van der Waals surface area contributed by atoms with Gasteiger partial charge in [0.05, 0.1) is 10.6 Å². The summed E-state index contributed by atoms with van der Waals surface area (Å²) in [5, 5.41) is 2.81. The number of amides is 1. The molecule has 0 unspecified atom stereocenters. The Kier molecular flexibility index (Phi) is 6.97. The maximum atomic E-state index is 12.9. The van der Waals surface area contributed by atoms with Gasteiger partial charge >= 0.3 is 0 Å². The summed E-state index contributed by atoms with van der Waals surface area (Å²) >= 11 is 0. The van der Waals surface area contributed by atoms with Crippen molar-refractivity contribution in [3.63, 3.8) is 0 Å². The Morgan fingerprint density at radius 3 is 2.23 bits per heavy atom. The van der Waals surface area contributed by atoms with Gasteiger partial charge in [-0.3, -0.25) is 9.10 Å². The quantitative estimate of drug-likeness (QED) is 0.560. The molecule has 3 aromatic carbocycles. The number of rotatable bonds is 8. The van der Waals surface area contributed by atoms with Gasteiger partial charge in [0.1, 0.15) is 5.75 Å². The van der Waals surface area contributed by atoms with Crippen LogP contribution in [0.1, 0.15) is 18.1 Å². The molecule has 7 heteroatoms. The molecule has 0 heterocycles. The van der Waals surface area contributed by atoms with Crippen LogP contribution in [0.15, 0.2) is 77.7 Å². The van der Waals surface area contributed by atoms with Gasteiger partial charge in [0.15, 0.2) is 6.61 Å². The van der Waals surface area contributed by atoms with Crippen LogP contribution < -0.4 is 14.4 Å². The van der Waals surface area contributed by atoms with Crippen molar-refractivity contribution in [1.82, 2.24) is 0 Å². The van der Waals surface area contributed by atoms with Crippen LogP contribution in [0.2, 0.25) is 0 Å². The van der Waals surface area contributed by atoms with E-state index in [0.717, 1.165) is 16.8 Å². The molecule has 1 amide bonds. The zero-order chi connectivity index (χ0) is 22.4. The Morgan fingerprint density at radius 2 is 1.61 bits per heavy atom. The van der Waals surface area contributed by atoms with Crippen molar-refractivity contribution >= 4 is 27.3 Å². The largest absolute Gasteiger partial charge is 0.484 e. The predicted molar refractivity (Wildman–Crippen MR) is 123 cm³/mol. The van der Waals surface area contributed by atoms with Gasteiger partial charge in [-0.15, -0.1) is 0 Å². The van der Waals surface area contributed by atoms with Crippen molar-refractivity contribution in [2.45, 2.75) is 25.7 Å². The number of hydrogen-bond acceptors (Lipinski definition) is 4. The van der Waals surface area contributed by atoms with Crippen molar-refractivity contribution in [2.24, 2.45) is 0 Å². The fourth-order valence-electron chi connectivity index (χ4n) is 3.08. The summed E-state index contributed by atoms with van der Waals surface area (Å²) in [5.74, 6) is 0.210. The van der Waals surface area contributed by atoms with E-state index in [1.54, 1.807) is 61.5 Å². The maximum absolute atomic E-state index is 12.9. The zero-order valence-electron chi connectivity index (χ0n) is 17.8. The first-order valence-corrected chi connectivity index (χ1v) is 11.4. The topological polar surface area (TPSA) is 75.7 Å². The summed E-state index contributed by atoms with van der Waals surface area (Å²) in [6.45, 7) is 5.92. The van der Waals surface area contributed by atoms with E-state index in [0.29, 0.717) is 11.4 Å². The number of hydrogen-bond donors (Lipinski definition) is 1. The van der Waals surface area contributed by atoms with E-state index < -0.39 is 10.0 Å². The number of aryl methyl sites for hydroxylation is 2. The lowest BCUT2D eigenvalue weighted by atomic mass is 10.1. The molecular formula is C24H26N2O4S. The Morgan fingerprint density at radius 1 is 0.935 bits per heavy atom.